The first-order valence-corrected chi connectivity index (χ1v) is 8.33. The minimum atomic E-state index is -0.483. The highest BCUT2D eigenvalue weighted by molar-refractivity contribution is 6.04. The van der Waals surface area contributed by atoms with E-state index < -0.39 is 4.92 Å². The summed E-state index contributed by atoms with van der Waals surface area (Å²) in [6.45, 7) is 6.69. The lowest BCUT2D eigenvalue weighted by Crippen LogP contribution is -2.30. The van der Waals surface area contributed by atoms with Crippen molar-refractivity contribution in [2.75, 3.05) is 18.4 Å². The molecule has 2 aromatic rings. The van der Waals surface area contributed by atoms with Crippen molar-refractivity contribution in [3.05, 3.63) is 69.3 Å². The number of nitrogens with one attached hydrogen (secondary N) is 1. The Hall–Kier alpha value is -3.22. The van der Waals surface area contributed by atoms with Gasteiger partial charge in [-0.15, -0.1) is 0 Å². The molecule has 1 N–H and O–H groups in total. The first-order valence-electron chi connectivity index (χ1n) is 8.33. The second-order valence-corrected chi connectivity index (χ2v) is 5.77. The Balaban J connectivity index is 2.11. The van der Waals surface area contributed by atoms with Gasteiger partial charge in [0.05, 0.1) is 4.92 Å². The summed E-state index contributed by atoms with van der Waals surface area (Å²) in [5.74, 6) is -0.426. The van der Waals surface area contributed by atoms with Crippen LogP contribution in [0.4, 0.5) is 11.4 Å². The van der Waals surface area contributed by atoms with E-state index in [-0.39, 0.29) is 17.5 Å². The van der Waals surface area contributed by atoms with Crippen LogP contribution in [-0.4, -0.2) is 34.7 Å². The smallest absolute Gasteiger partial charge is 0.272 e. The zero-order valence-electron chi connectivity index (χ0n) is 15.0. The Morgan fingerprint density at radius 1 is 1.04 bits per heavy atom. The molecule has 0 heterocycles. The van der Waals surface area contributed by atoms with Crippen molar-refractivity contribution in [3.8, 4) is 0 Å². The number of nitrogens with zero attached hydrogens (tertiary/aromatic N) is 2. The summed E-state index contributed by atoms with van der Waals surface area (Å²) in [6, 6.07) is 10.9. The normalized spacial score (nSPS) is 10.3. The predicted octanol–water partition coefficient (Wildman–Crippen LogP) is 3.64. The summed E-state index contributed by atoms with van der Waals surface area (Å²) in [6.07, 6.45) is 0. The molecule has 0 saturated heterocycles. The van der Waals surface area contributed by atoms with Crippen molar-refractivity contribution in [2.45, 2.75) is 20.8 Å². The third-order valence-electron chi connectivity index (χ3n) is 4.10. The van der Waals surface area contributed by atoms with Gasteiger partial charge in [0, 0.05) is 41.5 Å². The van der Waals surface area contributed by atoms with E-state index in [1.54, 1.807) is 36.1 Å². The van der Waals surface area contributed by atoms with Crippen LogP contribution in [0, 0.1) is 17.0 Å². The number of nitro benzene ring substituents is 1. The van der Waals surface area contributed by atoms with Crippen LogP contribution < -0.4 is 5.32 Å². The molecular weight excluding hydrogens is 334 g/mol. The Bertz CT molecular complexity index is 827. The Labute approximate surface area is 151 Å². The predicted molar refractivity (Wildman–Crippen MR) is 99.5 cm³/mol. The summed E-state index contributed by atoms with van der Waals surface area (Å²) in [7, 11) is 0. The largest absolute Gasteiger partial charge is 0.339 e. The molecule has 0 bridgehead atoms. The van der Waals surface area contributed by atoms with Crippen LogP contribution in [0.3, 0.4) is 0 Å². The van der Waals surface area contributed by atoms with Gasteiger partial charge >= 0.3 is 0 Å². The molecule has 0 aliphatic heterocycles. The fourth-order valence-electron chi connectivity index (χ4n) is 2.59. The molecule has 0 aliphatic carbocycles. The van der Waals surface area contributed by atoms with Crippen molar-refractivity contribution in [1.82, 2.24) is 4.90 Å². The van der Waals surface area contributed by atoms with Gasteiger partial charge in [0.1, 0.15) is 0 Å². The molecule has 136 valence electrons. The Kier molecular flexibility index (Phi) is 6.06. The van der Waals surface area contributed by atoms with E-state index in [2.05, 4.69) is 5.32 Å². The molecule has 0 spiro atoms. The van der Waals surface area contributed by atoms with E-state index in [4.69, 9.17) is 0 Å². The minimum absolute atomic E-state index is 0.0270. The van der Waals surface area contributed by atoms with E-state index in [0.717, 1.165) is 0 Å². The maximum atomic E-state index is 12.3. The molecule has 0 aromatic heterocycles. The highest BCUT2D eigenvalue weighted by Gasteiger charge is 2.15. The van der Waals surface area contributed by atoms with Crippen LogP contribution >= 0.6 is 0 Å². The molecule has 0 radical (unpaired) electrons. The van der Waals surface area contributed by atoms with Crippen LogP contribution in [0.1, 0.15) is 40.1 Å². The quantitative estimate of drug-likeness (QED) is 0.632. The van der Waals surface area contributed by atoms with Crippen molar-refractivity contribution < 1.29 is 14.5 Å². The van der Waals surface area contributed by atoms with Gasteiger partial charge < -0.3 is 10.2 Å². The maximum Gasteiger partial charge on any atom is 0.272 e. The molecule has 0 unspecified atom stereocenters. The SMILES string of the molecule is CCN(CC)C(=O)c1ccc(NC(=O)c2ccc([N+](=O)[O-])c(C)c2)cc1. The first-order chi connectivity index (χ1) is 12.4. The number of carbonyl (C=O) groups is 2. The van der Waals surface area contributed by atoms with Crippen molar-refractivity contribution in [1.29, 1.82) is 0 Å². The molecule has 0 saturated carbocycles. The van der Waals surface area contributed by atoms with Crippen LogP contribution in [0.15, 0.2) is 42.5 Å². The third kappa shape index (κ3) is 4.24. The molecule has 2 rings (SSSR count). The first kappa shape index (κ1) is 19.1. The van der Waals surface area contributed by atoms with Gasteiger partial charge in [-0.2, -0.15) is 0 Å². The summed E-state index contributed by atoms with van der Waals surface area (Å²) in [4.78, 5) is 36.7. The van der Waals surface area contributed by atoms with Gasteiger partial charge in [0.15, 0.2) is 0 Å². The number of hydrogen-bond acceptors (Lipinski definition) is 4. The van der Waals surface area contributed by atoms with Crippen LogP contribution in [0.2, 0.25) is 0 Å². The second kappa shape index (κ2) is 8.24. The fourth-order valence-corrected chi connectivity index (χ4v) is 2.59. The number of amides is 2. The van der Waals surface area contributed by atoms with E-state index in [0.29, 0.717) is 35.5 Å². The van der Waals surface area contributed by atoms with E-state index in [1.165, 1.54) is 18.2 Å². The molecule has 2 amide bonds. The summed E-state index contributed by atoms with van der Waals surface area (Å²) in [5, 5.41) is 13.6. The number of benzene rings is 2. The molecule has 0 fully saturated rings. The molecule has 7 nitrogen and oxygen atoms in total. The van der Waals surface area contributed by atoms with Gasteiger partial charge in [-0.3, -0.25) is 19.7 Å². The van der Waals surface area contributed by atoms with Crippen LogP contribution in [0.25, 0.3) is 0 Å². The molecule has 0 atom stereocenters. The highest BCUT2D eigenvalue weighted by Crippen LogP contribution is 2.20. The average Bonchev–Trinajstić information content (AvgIpc) is 2.62. The number of hydrogen-bond donors (Lipinski definition) is 1. The summed E-state index contributed by atoms with van der Waals surface area (Å²) >= 11 is 0. The van der Waals surface area contributed by atoms with E-state index >= 15 is 0 Å². The number of carbonyl (C=O) groups excluding carboxylic acids is 2. The van der Waals surface area contributed by atoms with Crippen molar-refractivity contribution >= 4 is 23.2 Å². The Morgan fingerprint density at radius 3 is 2.12 bits per heavy atom. The monoisotopic (exact) mass is 355 g/mol. The lowest BCUT2D eigenvalue weighted by molar-refractivity contribution is -0.385. The molecule has 0 aliphatic rings. The number of rotatable bonds is 6. The zero-order chi connectivity index (χ0) is 19.3. The van der Waals surface area contributed by atoms with Crippen molar-refractivity contribution in [2.24, 2.45) is 0 Å². The second-order valence-electron chi connectivity index (χ2n) is 5.77. The summed E-state index contributed by atoms with van der Waals surface area (Å²) < 4.78 is 0. The average molecular weight is 355 g/mol. The van der Waals surface area contributed by atoms with Gasteiger partial charge in [0.25, 0.3) is 17.5 Å². The van der Waals surface area contributed by atoms with Crippen molar-refractivity contribution in [3.63, 3.8) is 0 Å². The standard InChI is InChI=1S/C19H21N3O4/c1-4-21(5-2)19(24)14-6-9-16(10-7-14)20-18(23)15-8-11-17(22(25)26)13(3)12-15/h6-12H,4-5H2,1-3H3,(H,20,23). The molecule has 2 aromatic carbocycles. The zero-order valence-corrected chi connectivity index (χ0v) is 15.0. The van der Waals surface area contributed by atoms with E-state index in [9.17, 15) is 19.7 Å². The number of aryl methyl sites for hydroxylation is 1. The topological polar surface area (TPSA) is 92.6 Å². The molecule has 26 heavy (non-hydrogen) atoms. The lowest BCUT2D eigenvalue weighted by Gasteiger charge is -2.18. The highest BCUT2D eigenvalue weighted by atomic mass is 16.6. The Morgan fingerprint density at radius 2 is 1.62 bits per heavy atom. The molecule has 7 heteroatoms. The van der Waals surface area contributed by atoms with Crippen LogP contribution in [0.5, 0.6) is 0 Å². The lowest BCUT2D eigenvalue weighted by atomic mass is 10.1. The van der Waals surface area contributed by atoms with Gasteiger partial charge in [-0.1, -0.05) is 0 Å². The minimum Gasteiger partial charge on any atom is -0.339 e. The summed E-state index contributed by atoms with van der Waals surface area (Å²) in [5.41, 5.74) is 1.82. The third-order valence-corrected chi connectivity index (χ3v) is 4.10. The van der Waals surface area contributed by atoms with Gasteiger partial charge in [0.2, 0.25) is 0 Å². The van der Waals surface area contributed by atoms with Gasteiger partial charge in [-0.25, -0.2) is 0 Å². The van der Waals surface area contributed by atoms with E-state index in [1.807, 2.05) is 13.8 Å². The number of anilines is 1. The maximum absolute atomic E-state index is 12.3. The van der Waals surface area contributed by atoms with Crippen LogP contribution in [-0.2, 0) is 0 Å². The molecular formula is C19H21N3O4. The fraction of sp³-hybridized carbons (Fsp3) is 0.263. The van der Waals surface area contributed by atoms with Gasteiger partial charge in [-0.05, 0) is 57.2 Å². The number of nitro groups is 1.